The van der Waals surface area contributed by atoms with E-state index in [4.69, 9.17) is 34.8 Å². The highest BCUT2D eigenvalue weighted by atomic mass is 35.5. The summed E-state index contributed by atoms with van der Waals surface area (Å²) < 4.78 is 2.00. The first-order valence-electron chi connectivity index (χ1n) is 6.33. The molecule has 21 heavy (non-hydrogen) atoms. The van der Waals surface area contributed by atoms with Crippen LogP contribution in [0.3, 0.4) is 0 Å². The first-order valence-corrected chi connectivity index (χ1v) is 7.46. The minimum absolute atomic E-state index is 0.0745. The average molecular weight is 338 g/mol. The fourth-order valence-corrected chi connectivity index (χ4v) is 2.94. The highest BCUT2D eigenvalue weighted by Gasteiger charge is 2.18. The zero-order valence-corrected chi connectivity index (χ0v) is 13.1. The van der Waals surface area contributed by atoms with E-state index in [0.717, 1.165) is 11.1 Å². The summed E-state index contributed by atoms with van der Waals surface area (Å²) in [5.74, 6) is 0. The van der Waals surface area contributed by atoms with Crippen LogP contribution >= 0.6 is 34.8 Å². The lowest BCUT2D eigenvalue weighted by Crippen LogP contribution is -2.11. The van der Waals surface area contributed by atoms with E-state index < -0.39 is 0 Å². The van der Waals surface area contributed by atoms with Crippen LogP contribution in [0.4, 0.5) is 0 Å². The van der Waals surface area contributed by atoms with Crippen molar-refractivity contribution < 1.29 is 0 Å². The third-order valence-corrected chi connectivity index (χ3v) is 4.08. The molecule has 2 aromatic carbocycles. The highest BCUT2D eigenvalue weighted by molar-refractivity contribution is 6.35. The van der Waals surface area contributed by atoms with Crippen LogP contribution in [-0.2, 0) is 0 Å². The summed E-state index contributed by atoms with van der Waals surface area (Å²) in [4.78, 5) is 4.13. The molecule has 3 rings (SSSR count). The van der Waals surface area contributed by atoms with Gasteiger partial charge in [0, 0.05) is 27.5 Å². The quantitative estimate of drug-likeness (QED) is 0.618. The molecule has 5 heteroatoms. The van der Waals surface area contributed by atoms with Gasteiger partial charge in [-0.15, -0.1) is 0 Å². The maximum Gasteiger partial charge on any atom is 0.0954 e. The summed E-state index contributed by atoms with van der Waals surface area (Å²) in [5, 5.41) is 1.94. The minimum Gasteiger partial charge on any atom is -0.326 e. The smallest absolute Gasteiger partial charge is 0.0954 e. The summed E-state index contributed by atoms with van der Waals surface area (Å²) >= 11 is 18.3. The van der Waals surface area contributed by atoms with Gasteiger partial charge in [0.05, 0.1) is 12.4 Å². The monoisotopic (exact) mass is 336 g/mol. The van der Waals surface area contributed by atoms with Gasteiger partial charge in [0.1, 0.15) is 0 Å². The fraction of sp³-hybridized carbons (Fsp3) is 0.0625. The number of rotatable bonds is 3. The van der Waals surface area contributed by atoms with Gasteiger partial charge >= 0.3 is 0 Å². The van der Waals surface area contributed by atoms with E-state index in [2.05, 4.69) is 4.98 Å². The van der Waals surface area contributed by atoms with Crippen molar-refractivity contribution in [2.24, 2.45) is 0 Å². The van der Waals surface area contributed by atoms with Gasteiger partial charge in [-0.2, -0.15) is 0 Å². The molecule has 0 fully saturated rings. The molecule has 2 nitrogen and oxygen atoms in total. The Bertz CT molecular complexity index is 737. The van der Waals surface area contributed by atoms with Crippen LogP contribution in [-0.4, -0.2) is 9.55 Å². The largest absolute Gasteiger partial charge is 0.326 e. The summed E-state index contributed by atoms with van der Waals surface area (Å²) in [6.07, 6.45) is 5.42. The number of hydrogen-bond donors (Lipinski definition) is 0. The number of halogens is 3. The molecule has 1 unspecified atom stereocenters. The standard InChI is InChI=1S/C16H11Cl3N2/c17-12-3-1-11(2-4-12)16(21-8-7-20-10-21)14-6-5-13(18)9-15(14)19/h1-10,16H. The number of benzene rings is 2. The van der Waals surface area contributed by atoms with Crippen molar-refractivity contribution in [3.8, 4) is 0 Å². The van der Waals surface area contributed by atoms with Crippen LogP contribution in [0.15, 0.2) is 61.2 Å². The molecule has 0 bridgehead atoms. The van der Waals surface area contributed by atoms with Gasteiger partial charge < -0.3 is 4.57 Å². The first kappa shape index (κ1) is 14.5. The molecule has 1 heterocycles. The number of hydrogen-bond acceptors (Lipinski definition) is 1. The van der Waals surface area contributed by atoms with Gasteiger partial charge in [-0.05, 0) is 35.4 Å². The highest BCUT2D eigenvalue weighted by Crippen LogP contribution is 2.33. The fourth-order valence-electron chi connectivity index (χ4n) is 2.30. The molecular formula is C16H11Cl3N2. The molecule has 0 spiro atoms. The molecule has 0 aliphatic heterocycles. The first-order chi connectivity index (χ1) is 10.1. The van der Waals surface area contributed by atoms with Crippen molar-refractivity contribution in [3.05, 3.63) is 87.4 Å². The molecule has 0 amide bonds. The summed E-state index contributed by atoms with van der Waals surface area (Å²) in [7, 11) is 0. The van der Waals surface area contributed by atoms with E-state index in [-0.39, 0.29) is 6.04 Å². The molecule has 106 valence electrons. The Morgan fingerprint density at radius 2 is 1.62 bits per heavy atom. The van der Waals surface area contributed by atoms with Crippen molar-refractivity contribution in [1.82, 2.24) is 9.55 Å². The number of aromatic nitrogens is 2. The van der Waals surface area contributed by atoms with Crippen LogP contribution in [0.5, 0.6) is 0 Å². The van der Waals surface area contributed by atoms with Crippen molar-refractivity contribution in [3.63, 3.8) is 0 Å². The molecule has 3 aromatic rings. The second kappa shape index (κ2) is 6.10. The third kappa shape index (κ3) is 3.08. The van der Waals surface area contributed by atoms with Crippen molar-refractivity contribution in [1.29, 1.82) is 0 Å². The Kier molecular flexibility index (Phi) is 4.20. The van der Waals surface area contributed by atoms with E-state index in [0.29, 0.717) is 15.1 Å². The number of nitrogens with zero attached hydrogens (tertiary/aromatic N) is 2. The van der Waals surface area contributed by atoms with Crippen LogP contribution in [0.25, 0.3) is 0 Å². The molecular weight excluding hydrogens is 327 g/mol. The van der Waals surface area contributed by atoms with Crippen LogP contribution in [0.1, 0.15) is 17.2 Å². The Labute approximate surface area is 137 Å². The van der Waals surface area contributed by atoms with E-state index in [1.54, 1.807) is 18.6 Å². The Morgan fingerprint density at radius 1 is 0.905 bits per heavy atom. The molecule has 0 saturated heterocycles. The molecule has 0 N–H and O–H groups in total. The van der Waals surface area contributed by atoms with Crippen molar-refractivity contribution in [2.45, 2.75) is 6.04 Å². The maximum absolute atomic E-state index is 6.38. The third-order valence-electron chi connectivity index (χ3n) is 3.27. The lowest BCUT2D eigenvalue weighted by Gasteiger charge is -2.21. The van der Waals surface area contributed by atoms with Crippen molar-refractivity contribution in [2.75, 3.05) is 0 Å². The lowest BCUT2D eigenvalue weighted by molar-refractivity contribution is 0.677. The van der Waals surface area contributed by atoms with Crippen LogP contribution in [0, 0.1) is 0 Å². The lowest BCUT2D eigenvalue weighted by atomic mass is 9.98. The summed E-state index contributed by atoms with van der Waals surface area (Å²) in [5.41, 5.74) is 2.03. The molecule has 0 saturated carbocycles. The van der Waals surface area contributed by atoms with Gasteiger partial charge in [-0.1, -0.05) is 53.0 Å². The molecule has 0 aliphatic carbocycles. The van der Waals surface area contributed by atoms with Gasteiger partial charge in [-0.3, -0.25) is 0 Å². The van der Waals surface area contributed by atoms with Crippen molar-refractivity contribution >= 4 is 34.8 Å². The number of imidazole rings is 1. The van der Waals surface area contributed by atoms with Gasteiger partial charge in [0.25, 0.3) is 0 Å². The topological polar surface area (TPSA) is 17.8 Å². The normalized spacial score (nSPS) is 12.3. The van der Waals surface area contributed by atoms with Gasteiger partial charge in [0.2, 0.25) is 0 Å². The molecule has 1 aromatic heterocycles. The predicted molar refractivity (Wildman–Crippen MR) is 87.4 cm³/mol. The molecule has 0 radical (unpaired) electrons. The predicted octanol–water partition coefficient (Wildman–Crippen LogP) is 5.48. The zero-order chi connectivity index (χ0) is 14.8. The molecule has 1 atom stereocenters. The van der Waals surface area contributed by atoms with E-state index in [1.165, 1.54) is 0 Å². The Hall–Kier alpha value is -1.48. The second-order valence-corrected chi connectivity index (χ2v) is 5.91. The SMILES string of the molecule is Clc1ccc(C(c2ccc(Cl)cc2Cl)n2ccnc2)cc1. The second-order valence-electron chi connectivity index (χ2n) is 4.63. The summed E-state index contributed by atoms with van der Waals surface area (Å²) in [6.45, 7) is 0. The van der Waals surface area contributed by atoms with E-state index in [1.807, 2.05) is 47.2 Å². The van der Waals surface area contributed by atoms with Gasteiger partial charge in [-0.25, -0.2) is 4.98 Å². The summed E-state index contributed by atoms with van der Waals surface area (Å²) in [6, 6.07) is 13.1. The minimum atomic E-state index is -0.0745. The Balaban J connectivity index is 2.15. The maximum atomic E-state index is 6.38. The van der Waals surface area contributed by atoms with Crippen LogP contribution in [0.2, 0.25) is 15.1 Å². The van der Waals surface area contributed by atoms with Gasteiger partial charge in [0.15, 0.2) is 0 Å². The van der Waals surface area contributed by atoms with Crippen LogP contribution < -0.4 is 0 Å². The van der Waals surface area contributed by atoms with E-state index >= 15 is 0 Å². The van der Waals surface area contributed by atoms with E-state index in [9.17, 15) is 0 Å². The molecule has 0 aliphatic rings. The average Bonchev–Trinajstić information content (AvgIpc) is 2.97. The zero-order valence-electron chi connectivity index (χ0n) is 10.9. The Morgan fingerprint density at radius 3 is 2.24 bits per heavy atom.